The van der Waals surface area contributed by atoms with Crippen LogP contribution < -0.4 is 4.90 Å². The highest BCUT2D eigenvalue weighted by molar-refractivity contribution is 6.45. The Morgan fingerprint density at radius 2 is 1.53 bits per heavy atom. The van der Waals surface area contributed by atoms with Crippen molar-refractivity contribution in [1.29, 1.82) is 0 Å². The molecule has 2 amide bonds. The van der Waals surface area contributed by atoms with E-state index in [1.54, 1.807) is 12.1 Å². The van der Waals surface area contributed by atoms with Gasteiger partial charge in [0.1, 0.15) is 5.70 Å². The van der Waals surface area contributed by atoms with Gasteiger partial charge in [0.25, 0.3) is 11.8 Å². The first-order chi connectivity index (χ1) is 14.6. The molecule has 2 aliphatic rings. The number of hydrogen-bond acceptors (Lipinski definition) is 3. The van der Waals surface area contributed by atoms with Crippen LogP contribution >= 0.6 is 11.6 Å². The van der Waals surface area contributed by atoms with Crippen molar-refractivity contribution in [3.8, 4) is 0 Å². The molecule has 2 aromatic carbocycles. The number of carbonyl (C=O) groups is 2. The molecule has 0 atom stereocenters. The summed E-state index contributed by atoms with van der Waals surface area (Å²) in [7, 11) is 0. The first kappa shape index (κ1) is 20.7. The summed E-state index contributed by atoms with van der Waals surface area (Å²) in [5, 5.41) is 0.607. The molecule has 0 N–H and O–H groups in total. The van der Waals surface area contributed by atoms with E-state index in [2.05, 4.69) is 11.8 Å². The Morgan fingerprint density at radius 1 is 0.867 bits per heavy atom. The number of unbranched alkanes of at least 4 members (excludes halogenated alkanes) is 1. The zero-order valence-corrected chi connectivity index (χ0v) is 18.1. The van der Waals surface area contributed by atoms with Gasteiger partial charge < -0.3 is 4.90 Å². The van der Waals surface area contributed by atoms with E-state index in [0.717, 1.165) is 57.2 Å². The Morgan fingerprint density at radius 3 is 2.17 bits per heavy atom. The molecule has 0 spiro atoms. The molecule has 2 aliphatic heterocycles. The number of amides is 2. The van der Waals surface area contributed by atoms with Crippen LogP contribution in [0, 0.1) is 0 Å². The van der Waals surface area contributed by atoms with Gasteiger partial charge in [0.15, 0.2) is 0 Å². The van der Waals surface area contributed by atoms with E-state index >= 15 is 0 Å². The highest BCUT2D eigenvalue weighted by Crippen LogP contribution is 2.36. The number of benzene rings is 2. The molecule has 1 saturated heterocycles. The summed E-state index contributed by atoms with van der Waals surface area (Å²) in [6.07, 6.45) is 6.49. The molecule has 0 saturated carbocycles. The van der Waals surface area contributed by atoms with Crippen molar-refractivity contribution in [2.24, 2.45) is 0 Å². The van der Waals surface area contributed by atoms with Gasteiger partial charge in [-0.3, -0.25) is 9.59 Å². The molecule has 0 unspecified atom stereocenters. The third-order valence-corrected chi connectivity index (χ3v) is 6.13. The van der Waals surface area contributed by atoms with Gasteiger partial charge in [-0.05, 0) is 67.5 Å². The predicted molar refractivity (Wildman–Crippen MR) is 121 cm³/mol. The number of imide groups is 1. The van der Waals surface area contributed by atoms with E-state index in [1.807, 2.05) is 36.4 Å². The molecule has 0 radical (unpaired) electrons. The standard InChI is InChI=1S/C25H27ClN2O2/c1-2-3-7-18-8-14-21(15-9-18)28-24(29)22(19-10-12-20(26)13-11-19)23(25(28)30)27-16-5-4-6-17-27/h8-15H,2-7,16-17H2,1H3. The van der Waals surface area contributed by atoms with E-state index in [4.69, 9.17) is 11.6 Å². The van der Waals surface area contributed by atoms with Crippen LogP contribution in [0.2, 0.25) is 5.02 Å². The lowest BCUT2D eigenvalue weighted by atomic mass is 10.0. The molecule has 156 valence electrons. The summed E-state index contributed by atoms with van der Waals surface area (Å²) in [6.45, 7) is 3.77. The summed E-state index contributed by atoms with van der Waals surface area (Å²) in [4.78, 5) is 30.4. The molecule has 1 fully saturated rings. The third-order valence-electron chi connectivity index (χ3n) is 5.88. The second kappa shape index (κ2) is 9.05. The number of carbonyl (C=O) groups excluding carboxylic acids is 2. The van der Waals surface area contributed by atoms with Gasteiger partial charge in [-0.1, -0.05) is 49.2 Å². The maximum Gasteiger partial charge on any atom is 0.282 e. The monoisotopic (exact) mass is 422 g/mol. The summed E-state index contributed by atoms with van der Waals surface area (Å²) in [5.74, 6) is -0.489. The van der Waals surface area contributed by atoms with Crippen LogP contribution in [0.15, 0.2) is 54.2 Å². The second-order valence-electron chi connectivity index (χ2n) is 7.99. The summed E-state index contributed by atoms with van der Waals surface area (Å²) < 4.78 is 0. The van der Waals surface area contributed by atoms with Gasteiger partial charge in [0, 0.05) is 18.1 Å². The van der Waals surface area contributed by atoms with Crippen molar-refractivity contribution in [3.63, 3.8) is 0 Å². The van der Waals surface area contributed by atoms with Gasteiger partial charge in [0.05, 0.1) is 11.3 Å². The summed E-state index contributed by atoms with van der Waals surface area (Å²) >= 11 is 6.06. The van der Waals surface area contributed by atoms with E-state index in [9.17, 15) is 9.59 Å². The van der Waals surface area contributed by atoms with Crippen molar-refractivity contribution >= 4 is 34.7 Å². The number of piperidine rings is 1. The normalized spacial score (nSPS) is 17.3. The fourth-order valence-corrected chi connectivity index (χ4v) is 4.36. The Hall–Kier alpha value is -2.59. The molecular weight excluding hydrogens is 396 g/mol. The van der Waals surface area contributed by atoms with Crippen LogP contribution in [0.1, 0.15) is 50.2 Å². The highest BCUT2D eigenvalue weighted by atomic mass is 35.5. The number of hydrogen-bond donors (Lipinski definition) is 0. The number of halogens is 1. The first-order valence-corrected chi connectivity index (χ1v) is 11.2. The molecule has 0 aromatic heterocycles. The first-order valence-electron chi connectivity index (χ1n) is 10.8. The smallest absolute Gasteiger partial charge is 0.282 e. The molecule has 4 nitrogen and oxygen atoms in total. The van der Waals surface area contributed by atoms with Crippen molar-refractivity contribution in [2.45, 2.75) is 45.4 Å². The zero-order valence-electron chi connectivity index (χ0n) is 17.4. The molecule has 0 bridgehead atoms. The number of likely N-dealkylation sites (tertiary alicyclic amines) is 1. The highest BCUT2D eigenvalue weighted by Gasteiger charge is 2.42. The molecule has 5 heteroatoms. The van der Waals surface area contributed by atoms with Gasteiger partial charge in [-0.15, -0.1) is 0 Å². The molecular formula is C25H27ClN2O2. The zero-order chi connectivity index (χ0) is 21.1. The molecule has 30 heavy (non-hydrogen) atoms. The van der Waals surface area contributed by atoms with E-state index in [-0.39, 0.29) is 11.8 Å². The average Bonchev–Trinajstić information content (AvgIpc) is 3.04. The maximum absolute atomic E-state index is 13.5. The summed E-state index contributed by atoms with van der Waals surface area (Å²) in [5.41, 5.74) is 3.59. The predicted octanol–water partition coefficient (Wildman–Crippen LogP) is 5.45. The fourth-order valence-electron chi connectivity index (χ4n) is 4.23. The minimum absolute atomic E-state index is 0.229. The fraction of sp³-hybridized carbons (Fsp3) is 0.360. The van der Waals surface area contributed by atoms with Crippen molar-refractivity contribution in [2.75, 3.05) is 18.0 Å². The van der Waals surface area contributed by atoms with Crippen LogP contribution in [-0.2, 0) is 16.0 Å². The quantitative estimate of drug-likeness (QED) is 0.581. The van der Waals surface area contributed by atoms with Crippen molar-refractivity contribution < 1.29 is 9.59 Å². The van der Waals surface area contributed by atoms with Crippen molar-refractivity contribution in [3.05, 3.63) is 70.4 Å². The molecule has 4 rings (SSSR count). The number of anilines is 1. The van der Waals surface area contributed by atoms with Crippen LogP contribution in [0.5, 0.6) is 0 Å². The van der Waals surface area contributed by atoms with E-state index < -0.39 is 0 Å². The lowest BCUT2D eigenvalue weighted by Crippen LogP contribution is -2.37. The number of rotatable bonds is 6. The van der Waals surface area contributed by atoms with Crippen LogP contribution in [0.3, 0.4) is 0 Å². The van der Waals surface area contributed by atoms with Crippen molar-refractivity contribution in [1.82, 2.24) is 4.90 Å². The lowest BCUT2D eigenvalue weighted by Gasteiger charge is -2.29. The third kappa shape index (κ3) is 4.01. The van der Waals surface area contributed by atoms with Crippen LogP contribution in [0.4, 0.5) is 5.69 Å². The summed E-state index contributed by atoms with van der Waals surface area (Å²) in [6, 6.07) is 15.0. The maximum atomic E-state index is 13.5. The number of aryl methyl sites for hydroxylation is 1. The van der Waals surface area contributed by atoms with Gasteiger partial charge in [-0.2, -0.15) is 0 Å². The SMILES string of the molecule is CCCCc1ccc(N2C(=O)C(c3ccc(Cl)cc3)=C(N3CCCCC3)C2=O)cc1. The van der Waals surface area contributed by atoms with Gasteiger partial charge in [0.2, 0.25) is 0 Å². The number of nitrogens with zero attached hydrogens (tertiary/aromatic N) is 2. The minimum atomic E-state index is -0.260. The molecule has 0 aliphatic carbocycles. The lowest BCUT2D eigenvalue weighted by molar-refractivity contribution is -0.120. The largest absolute Gasteiger partial charge is 0.366 e. The molecule has 2 heterocycles. The Labute approximate surface area is 183 Å². The minimum Gasteiger partial charge on any atom is -0.366 e. The van der Waals surface area contributed by atoms with Crippen LogP contribution in [-0.4, -0.2) is 29.8 Å². The van der Waals surface area contributed by atoms with Crippen LogP contribution in [0.25, 0.3) is 5.57 Å². The van der Waals surface area contributed by atoms with E-state index in [1.165, 1.54) is 10.5 Å². The average molecular weight is 423 g/mol. The van der Waals surface area contributed by atoms with Gasteiger partial charge >= 0.3 is 0 Å². The molecule has 2 aromatic rings. The van der Waals surface area contributed by atoms with E-state index in [0.29, 0.717) is 22.0 Å². The Bertz CT molecular complexity index is 958. The second-order valence-corrected chi connectivity index (χ2v) is 8.43. The Balaban J connectivity index is 1.71. The van der Waals surface area contributed by atoms with Gasteiger partial charge in [-0.25, -0.2) is 4.90 Å². The topological polar surface area (TPSA) is 40.6 Å². The Kier molecular flexibility index (Phi) is 6.24.